The molecule has 0 fully saturated rings. The van der Waals surface area contributed by atoms with Gasteiger partial charge in [0.1, 0.15) is 0 Å². The molecule has 0 unspecified atom stereocenters. The summed E-state index contributed by atoms with van der Waals surface area (Å²) in [6.45, 7) is 0. The molecule has 0 rings (SSSR count). The number of hydrogen-bond donors (Lipinski definition) is 0. The zero-order valence-electron chi connectivity index (χ0n) is 1.09. The summed E-state index contributed by atoms with van der Waals surface area (Å²) in [6.07, 6.45) is 0. The van der Waals surface area contributed by atoms with Gasteiger partial charge >= 0.3 is 19.8 Å². The minimum absolute atomic E-state index is 0. The van der Waals surface area contributed by atoms with Crippen LogP contribution in [0.25, 0.3) is 0 Å². The Bertz CT molecular complexity index is 8.00. The van der Waals surface area contributed by atoms with Gasteiger partial charge in [0.15, 0.2) is 17.4 Å². The van der Waals surface area contributed by atoms with Crippen molar-refractivity contribution < 1.29 is 36.8 Å². The van der Waals surface area contributed by atoms with E-state index in [2.05, 4.69) is 0 Å². The van der Waals surface area contributed by atoms with Gasteiger partial charge in [-0.15, -0.1) is 0 Å². The van der Waals surface area contributed by atoms with Crippen LogP contribution in [0.1, 0.15) is 0 Å². The van der Waals surface area contributed by atoms with Gasteiger partial charge in [0, 0.05) is 17.1 Å². The first-order valence-corrected chi connectivity index (χ1v) is 0.636. The van der Waals surface area contributed by atoms with Crippen molar-refractivity contribution in [1.82, 2.24) is 0 Å². The summed E-state index contributed by atoms with van der Waals surface area (Å²) in [4.78, 5) is 0. The average Bonchev–Trinajstić information content (AvgIpc) is 1.00. The van der Waals surface area contributed by atoms with Gasteiger partial charge in [0.25, 0.3) is 0 Å². The second kappa shape index (κ2) is 26.4. The van der Waals surface area contributed by atoms with E-state index in [1.54, 1.807) is 15.9 Å². The average molecular weight is 164 g/mol. The maximum atomic E-state index is 8.06. The van der Waals surface area contributed by atoms with Crippen LogP contribution in [0.4, 0.5) is 0 Å². The Hall–Kier alpha value is 1.37. The predicted molar refractivity (Wildman–Crippen MR) is 10.6 cm³/mol. The molecule has 4 heteroatoms. The molecule has 0 saturated heterocycles. The molecule has 0 aliphatic carbocycles. The van der Waals surface area contributed by atoms with Gasteiger partial charge in [-0.2, -0.15) is 0 Å². The van der Waals surface area contributed by atoms with E-state index in [1.165, 1.54) is 0 Å². The first kappa shape index (κ1) is 18.3. The Morgan fingerprint density at radius 1 is 1.25 bits per heavy atom. The Morgan fingerprint density at radius 2 is 1.25 bits per heavy atom. The van der Waals surface area contributed by atoms with Crippen molar-refractivity contribution in [2.24, 2.45) is 0 Å². The first-order valence-electron chi connectivity index (χ1n) is 0.154. The molecule has 0 aromatic carbocycles. The number of rotatable bonds is 0. The Morgan fingerprint density at radius 3 is 1.25 bits per heavy atom. The fraction of sp³-hybridized carbons (Fsp3) is 0. The molecule has 0 aromatic heterocycles. The van der Waals surface area contributed by atoms with E-state index in [0.717, 1.165) is 0 Å². The zero-order valence-corrected chi connectivity index (χ0v) is 3.21. The van der Waals surface area contributed by atoms with Crippen molar-refractivity contribution in [2.45, 2.75) is 0 Å². The molecule has 1 nitrogen and oxygen atoms in total. The molecule has 0 aromatic rings. The van der Waals surface area contributed by atoms with E-state index in [1.807, 2.05) is 0 Å². The summed E-state index contributed by atoms with van der Waals surface area (Å²) in [5.41, 5.74) is 0. The summed E-state index contributed by atoms with van der Waals surface area (Å²) >= 11 is 1.69. The van der Waals surface area contributed by atoms with Crippen molar-refractivity contribution in [3.8, 4) is 0 Å². The maximum absolute atomic E-state index is 8.06. The molecule has 0 bridgehead atoms. The van der Waals surface area contributed by atoms with Crippen molar-refractivity contribution in [3.05, 3.63) is 0 Å². The summed E-state index contributed by atoms with van der Waals surface area (Å²) in [7, 11) is 0. The van der Waals surface area contributed by atoms with Crippen LogP contribution < -0.4 is 0 Å². The third-order valence-corrected chi connectivity index (χ3v) is 0. The van der Waals surface area contributed by atoms with Crippen LogP contribution in [0.5, 0.6) is 0 Å². The molecule has 30 valence electrons. The van der Waals surface area contributed by atoms with Gasteiger partial charge in [-0.05, 0) is 0 Å². The second-order valence-electron chi connectivity index (χ2n) is 0. The molecular weight excluding hydrogens is 161 g/mol. The number of hydrogen-bond acceptors (Lipinski definition) is 1. The van der Waals surface area contributed by atoms with E-state index < -0.39 is 0 Å². The van der Waals surface area contributed by atoms with Crippen molar-refractivity contribution in [2.75, 3.05) is 0 Å². The van der Waals surface area contributed by atoms with Gasteiger partial charge in [0.2, 0.25) is 0 Å². The van der Waals surface area contributed by atoms with Gasteiger partial charge < -0.3 is 0 Å². The van der Waals surface area contributed by atoms with E-state index in [4.69, 9.17) is 3.83 Å². The van der Waals surface area contributed by atoms with E-state index >= 15 is 0 Å². The molecular formula is H3AlCuMnO. The standard InChI is InChI=1S/Al.Cu.Mn.O.3H. The van der Waals surface area contributed by atoms with Crippen molar-refractivity contribution >= 4 is 17.4 Å². The van der Waals surface area contributed by atoms with Crippen molar-refractivity contribution in [3.63, 3.8) is 0 Å². The Balaban J connectivity index is -0.00000000500. The molecule has 0 aliphatic heterocycles. The van der Waals surface area contributed by atoms with Crippen molar-refractivity contribution in [1.29, 1.82) is 0 Å². The molecule has 1 radical (unpaired) electrons. The molecule has 0 heterocycles. The SMILES string of the molecule is [AlH3].[Cu].[O]=[Mn]. The molecule has 0 amide bonds. The second-order valence-corrected chi connectivity index (χ2v) is 0. The molecule has 0 aliphatic rings. The van der Waals surface area contributed by atoms with Crippen LogP contribution in [0.3, 0.4) is 0 Å². The summed E-state index contributed by atoms with van der Waals surface area (Å²) in [5.74, 6) is 0. The minimum atomic E-state index is 0. The predicted octanol–water partition coefficient (Wildman–Crippen LogP) is -1.31. The quantitative estimate of drug-likeness (QED) is 0.407. The molecule has 0 N–H and O–H groups in total. The van der Waals surface area contributed by atoms with Crippen LogP contribution in [0, 0.1) is 0 Å². The fourth-order valence-corrected chi connectivity index (χ4v) is 0. The molecule has 0 spiro atoms. The first-order chi connectivity index (χ1) is 1.00. The normalized spacial score (nSPS) is 1.00. The topological polar surface area (TPSA) is 17.1 Å². The molecule has 0 atom stereocenters. The van der Waals surface area contributed by atoms with Gasteiger partial charge in [-0.3, -0.25) is 0 Å². The van der Waals surface area contributed by atoms with Crippen LogP contribution in [0.15, 0.2) is 0 Å². The summed E-state index contributed by atoms with van der Waals surface area (Å²) in [6, 6.07) is 0. The summed E-state index contributed by atoms with van der Waals surface area (Å²) < 4.78 is 8.06. The molecule has 0 saturated carbocycles. The van der Waals surface area contributed by atoms with E-state index in [-0.39, 0.29) is 34.4 Å². The van der Waals surface area contributed by atoms with E-state index in [9.17, 15) is 0 Å². The monoisotopic (exact) mass is 164 g/mol. The van der Waals surface area contributed by atoms with Crippen LogP contribution in [0.2, 0.25) is 0 Å². The van der Waals surface area contributed by atoms with Gasteiger partial charge in [-0.25, -0.2) is 0 Å². The van der Waals surface area contributed by atoms with Crippen LogP contribution in [-0.4, -0.2) is 17.4 Å². The molecule has 4 heavy (non-hydrogen) atoms. The van der Waals surface area contributed by atoms with Gasteiger partial charge in [0.05, 0.1) is 0 Å². The fourth-order valence-electron chi connectivity index (χ4n) is 0. The third kappa shape index (κ3) is 10.1. The Kier molecular flexibility index (Phi) is 121. The Labute approximate surface area is 54.1 Å². The summed E-state index contributed by atoms with van der Waals surface area (Å²) in [5, 5.41) is 0. The van der Waals surface area contributed by atoms with Crippen LogP contribution >= 0.6 is 0 Å². The van der Waals surface area contributed by atoms with Crippen LogP contribution in [-0.2, 0) is 36.8 Å². The zero-order chi connectivity index (χ0) is 2.00. The van der Waals surface area contributed by atoms with Gasteiger partial charge in [-0.1, -0.05) is 0 Å². The van der Waals surface area contributed by atoms with E-state index in [0.29, 0.717) is 0 Å². The third-order valence-electron chi connectivity index (χ3n) is 0.